The van der Waals surface area contributed by atoms with E-state index in [0.717, 1.165) is 0 Å². The molecule has 3 nitrogen and oxygen atoms in total. The van der Waals surface area contributed by atoms with E-state index in [-0.39, 0.29) is 12.6 Å². The van der Waals surface area contributed by atoms with Crippen LogP contribution in [-0.2, 0) is 0 Å². The second kappa shape index (κ2) is 5.63. The van der Waals surface area contributed by atoms with Crippen molar-refractivity contribution >= 4 is 17.2 Å². The SMILES string of the molecule is CC(C(N)=S)N(CCO)C1CCCC1. The number of aliphatic hydroxyl groups is 1. The zero-order chi connectivity index (χ0) is 10.6. The molecular weight excluding hydrogens is 196 g/mol. The van der Waals surface area contributed by atoms with Gasteiger partial charge in [0.2, 0.25) is 0 Å². The maximum Gasteiger partial charge on any atom is 0.0899 e. The van der Waals surface area contributed by atoms with Gasteiger partial charge < -0.3 is 10.8 Å². The van der Waals surface area contributed by atoms with Crippen molar-refractivity contribution < 1.29 is 5.11 Å². The monoisotopic (exact) mass is 216 g/mol. The molecule has 1 saturated carbocycles. The fraction of sp³-hybridized carbons (Fsp3) is 0.900. The highest BCUT2D eigenvalue weighted by Gasteiger charge is 2.26. The molecule has 14 heavy (non-hydrogen) atoms. The first kappa shape index (κ1) is 11.9. The first-order valence-corrected chi connectivity index (χ1v) is 5.73. The Hall–Kier alpha value is -0.190. The fourth-order valence-corrected chi connectivity index (χ4v) is 2.34. The summed E-state index contributed by atoms with van der Waals surface area (Å²) in [6, 6.07) is 0.680. The molecule has 1 aliphatic carbocycles. The number of hydrogen-bond donors (Lipinski definition) is 2. The fourth-order valence-electron chi connectivity index (χ4n) is 2.21. The Kier molecular flexibility index (Phi) is 4.78. The lowest BCUT2D eigenvalue weighted by atomic mass is 10.1. The first-order chi connectivity index (χ1) is 6.66. The molecule has 0 spiro atoms. The number of hydrogen-bond acceptors (Lipinski definition) is 3. The molecular formula is C10H20N2OS. The minimum absolute atomic E-state index is 0.111. The van der Waals surface area contributed by atoms with E-state index in [9.17, 15) is 0 Å². The second-order valence-electron chi connectivity index (χ2n) is 3.98. The lowest BCUT2D eigenvalue weighted by Gasteiger charge is -2.33. The number of nitrogens with two attached hydrogens (primary N) is 1. The lowest BCUT2D eigenvalue weighted by Crippen LogP contribution is -2.47. The Morgan fingerprint density at radius 3 is 2.57 bits per heavy atom. The molecule has 0 heterocycles. The molecule has 0 bridgehead atoms. The largest absolute Gasteiger partial charge is 0.395 e. The van der Waals surface area contributed by atoms with Crippen LogP contribution < -0.4 is 5.73 Å². The van der Waals surface area contributed by atoms with Crippen LogP contribution in [0.5, 0.6) is 0 Å². The predicted octanol–water partition coefficient (Wildman–Crippen LogP) is 0.898. The van der Waals surface area contributed by atoms with Crippen molar-refractivity contribution in [3.63, 3.8) is 0 Å². The molecule has 0 radical (unpaired) electrons. The van der Waals surface area contributed by atoms with Crippen LogP contribution in [-0.4, -0.2) is 40.2 Å². The Morgan fingerprint density at radius 1 is 1.57 bits per heavy atom. The van der Waals surface area contributed by atoms with E-state index >= 15 is 0 Å². The number of thiocarbonyl (C=S) groups is 1. The van der Waals surface area contributed by atoms with Crippen LogP contribution in [0.1, 0.15) is 32.6 Å². The summed E-state index contributed by atoms with van der Waals surface area (Å²) in [5.41, 5.74) is 5.64. The highest BCUT2D eigenvalue weighted by molar-refractivity contribution is 7.80. The van der Waals surface area contributed by atoms with Crippen LogP contribution in [0, 0.1) is 0 Å². The summed E-state index contributed by atoms with van der Waals surface area (Å²) >= 11 is 5.00. The highest BCUT2D eigenvalue weighted by Crippen LogP contribution is 2.24. The van der Waals surface area contributed by atoms with Crippen LogP contribution >= 0.6 is 12.2 Å². The van der Waals surface area contributed by atoms with E-state index in [1.165, 1.54) is 25.7 Å². The molecule has 1 atom stereocenters. The van der Waals surface area contributed by atoms with Crippen LogP contribution in [0.25, 0.3) is 0 Å². The van der Waals surface area contributed by atoms with Gasteiger partial charge in [-0.3, -0.25) is 4.90 Å². The highest BCUT2D eigenvalue weighted by atomic mass is 32.1. The van der Waals surface area contributed by atoms with Crippen LogP contribution in [0.3, 0.4) is 0 Å². The summed E-state index contributed by atoms with van der Waals surface area (Å²) in [6.07, 6.45) is 5.01. The van der Waals surface area contributed by atoms with Gasteiger partial charge in [-0.2, -0.15) is 0 Å². The number of rotatable bonds is 5. The Bertz CT molecular complexity index is 193. The molecule has 1 fully saturated rings. The van der Waals surface area contributed by atoms with Gasteiger partial charge in [-0.05, 0) is 19.8 Å². The van der Waals surface area contributed by atoms with Gasteiger partial charge in [0.15, 0.2) is 0 Å². The smallest absolute Gasteiger partial charge is 0.0899 e. The van der Waals surface area contributed by atoms with Crippen molar-refractivity contribution in [2.75, 3.05) is 13.2 Å². The Labute approximate surface area is 91.3 Å². The van der Waals surface area contributed by atoms with Gasteiger partial charge in [0.05, 0.1) is 17.6 Å². The maximum atomic E-state index is 9.00. The zero-order valence-electron chi connectivity index (χ0n) is 8.78. The van der Waals surface area contributed by atoms with Crippen LogP contribution in [0.2, 0.25) is 0 Å². The minimum atomic E-state index is 0.111. The Morgan fingerprint density at radius 2 is 2.14 bits per heavy atom. The predicted molar refractivity (Wildman–Crippen MR) is 62.3 cm³/mol. The van der Waals surface area contributed by atoms with Gasteiger partial charge in [-0.15, -0.1) is 0 Å². The zero-order valence-corrected chi connectivity index (χ0v) is 9.59. The van der Waals surface area contributed by atoms with Gasteiger partial charge in [-0.1, -0.05) is 25.1 Å². The van der Waals surface area contributed by atoms with Crippen molar-refractivity contribution in [3.8, 4) is 0 Å². The summed E-state index contributed by atoms with van der Waals surface area (Å²) in [5, 5.41) is 9.00. The van der Waals surface area contributed by atoms with Gasteiger partial charge in [-0.25, -0.2) is 0 Å². The number of aliphatic hydroxyl groups excluding tert-OH is 1. The molecule has 0 aromatic heterocycles. The van der Waals surface area contributed by atoms with E-state index in [1.54, 1.807) is 0 Å². The van der Waals surface area contributed by atoms with E-state index in [0.29, 0.717) is 17.6 Å². The summed E-state index contributed by atoms with van der Waals surface area (Å²) in [6.45, 7) is 2.89. The molecule has 0 aromatic rings. The molecule has 1 unspecified atom stereocenters. The third kappa shape index (κ3) is 2.90. The summed E-state index contributed by atoms with van der Waals surface area (Å²) in [7, 11) is 0. The van der Waals surface area contributed by atoms with Crippen molar-refractivity contribution in [3.05, 3.63) is 0 Å². The molecule has 82 valence electrons. The van der Waals surface area contributed by atoms with Crippen LogP contribution in [0.15, 0.2) is 0 Å². The Balaban J connectivity index is 2.56. The first-order valence-electron chi connectivity index (χ1n) is 5.32. The standard InChI is InChI=1S/C10H20N2OS/c1-8(10(11)14)12(6-7-13)9-4-2-3-5-9/h8-9,13H,2-7H2,1H3,(H2,11,14). The van der Waals surface area contributed by atoms with Gasteiger partial charge in [0.25, 0.3) is 0 Å². The van der Waals surface area contributed by atoms with Crippen molar-refractivity contribution in [2.45, 2.75) is 44.7 Å². The second-order valence-corrected chi connectivity index (χ2v) is 4.45. The summed E-state index contributed by atoms with van der Waals surface area (Å²) < 4.78 is 0. The normalized spacial score (nSPS) is 20.2. The molecule has 3 N–H and O–H groups in total. The minimum Gasteiger partial charge on any atom is -0.395 e. The quantitative estimate of drug-likeness (QED) is 0.670. The van der Waals surface area contributed by atoms with E-state index in [2.05, 4.69) is 4.90 Å². The third-order valence-corrected chi connectivity index (χ3v) is 3.40. The van der Waals surface area contributed by atoms with Gasteiger partial charge >= 0.3 is 0 Å². The summed E-state index contributed by atoms with van der Waals surface area (Å²) in [5.74, 6) is 0. The van der Waals surface area contributed by atoms with Crippen molar-refractivity contribution in [1.82, 2.24) is 4.90 Å². The number of nitrogens with zero attached hydrogens (tertiary/aromatic N) is 1. The van der Waals surface area contributed by atoms with Crippen LogP contribution in [0.4, 0.5) is 0 Å². The van der Waals surface area contributed by atoms with E-state index in [4.69, 9.17) is 23.1 Å². The topological polar surface area (TPSA) is 49.5 Å². The molecule has 0 saturated heterocycles. The lowest BCUT2D eigenvalue weighted by molar-refractivity contribution is 0.139. The average Bonchev–Trinajstić information content (AvgIpc) is 2.65. The third-order valence-electron chi connectivity index (χ3n) is 3.06. The average molecular weight is 216 g/mol. The van der Waals surface area contributed by atoms with E-state index in [1.807, 2.05) is 6.92 Å². The van der Waals surface area contributed by atoms with Gasteiger partial charge in [0.1, 0.15) is 0 Å². The maximum absolute atomic E-state index is 9.00. The summed E-state index contributed by atoms with van der Waals surface area (Å²) in [4.78, 5) is 2.78. The molecule has 0 amide bonds. The molecule has 0 aromatic carbocycles. The molecule has 4 heteroatoms. The van der Waals surface area contributed by atoms with E-state index < -0.39 is 0 Å². The molecule has 1 rings (SSSR count). The van der Waals surface area contributed by atoms with Gasteiger partial charge in [0, 0.05) is 12.6 Å². The van der Waals surface area contributed by atoms with Crippen molar-refractivity contribution in [2.24, 2.45) is 5.73 Å². The molecule has 0 aliphatic heterocycles. The van der Waals surface area contributed by atoms with Crippen molar-refractivity contribution in [1.29, 1.82) is 0 Å². The molecule has 1 aliphatic rings.